The van der Waals surface area contributed by atoms with Crippen LogP contribution in [0.15, 0.2) is 36.5 Å². The molecule has 0 bridgehead atoms. The first-order chi connectivity index (χ1) is 10.0. The molecule has 0 unspecified atom stereocenters. The number of aliphatic hydroxyl groups excluding tert-OH is 1. The number of rotatable bonds is 5. The van der Waals surface area contributed by atoms with Crippen molar-refractivity contribution >= 4 is 11.6 Å². The molecule has 1 heterocycles. The Morgan fingerprint density at radius 2 is 2.05 bits per heavy atom. The number of hydrogen-bond acceptors (Lipinski definition) is 3. The zero-order valence-corrected chi connectivity index (χ0v) is 12.3. The molecule has 1 aromatic carbocycles. The summed E-state index contributed by atoms with van der Waals surface area (Å²) in [4.78, 5) is 12.3. The van der Waals surface area contributed by atoms with Gasteiger partial charge in [-0.2, -0.15) is 0 Å². The molecular formula is C16H21N3O2. The molecule has 21 heavy (non-hydrogen) atoms. The fraction of sp³-hybridized carbons (Fsp3) is 0.312. The molecule has 0 saturated carbocycles. The highest BCUT2D eigenvalue weighted by atomic mass is 16.3. The van der Waals surface area contributed by atoms with Crippen LogP contribution in [0, 0.1) is 0 Å². The van der Waals surface area contributed by atoms with Crippen LogP contribution in [0.25, 0.3) is 0 Å². The molecule has 0 saturated heterocycles. The maximum Gasteiger partial charge on any atom is 0.268 e. The molecular weight excluding hydrogens is 266 g/mol. The van der Waals surface area contributed by atoms with E-state index in [1.165, 1.54) is 0 Å². The van der Waals surface area contributed by atoms with E-state index in [4.69, 9.17) is 10.8 Å². The van der Waals surface area contributed by atoms with E-state index in [0.29, 0.717) is 17.9 Å². The molecule has 5 heteroatoms. The molecule has 0 aliphatic heterocycles. The van der Waals surface area contributed by atoms with Gasteiger partial charge in [-0.05, 0) is 31.0 Å². The number of anilines is 1. The number of benzene rings is 1. The average Bonchev–Trinajstić information content (AvgIpc) is 2.87. The van der Waals surface area contributed by atoms with E-state index in [1.807, 2.05) is 42.7 Å². The Kier molecular flexibility index (Phi) is 4.65. The van der Waals surface area contributed by atoms with Gasteiger partial charge in [0.05, 0.1) is 12.3 Å². The van der Waals surface area contributed by atoms with Gasteiger partial charge >= 0.3 is 0 Å². The third-order valence-electron chi connectivity index (χ3n) is 3.29. The Morgan fingerprint density at radius 3 is 2.71 bits per heavy atom. The van der Waals surface area contributed by atoms with Gasteiger partial charge in [0, 0.05) is 18.8 Å². The minimum absolute atomic E-state index is 0.00544. The predicted octanol–water partition coefficient (Wildman–Crippen LogP) is 2.07. The van der Waals surface area contributed by atoms with Crippen LogP contribution in [-0.4, -0.2) is 15.6 Å². The number of amides is 1. The summed E-state index contributed by atoms with van der Waals surface area (Å²) in [6.45, 7) is 4.41. The minimum atomic E-state index is -0.158. The van der Waals surface area contributed by atoms with Crippen molar-refractivity contribution in [1.29, 1.82) is 0 Å². The highest BCUT2D eigenvalue weighted by Gasteiger charge is 2.14. The lowest BCUT2D eigenvalue weighted by atomic mass is 10.1. The second-order valence-electron chi connectivity index (χ2n) is 5.32. The molecule has 2 aromatic rings. The van der Waals surface area contributed by atoms with E-state index in [1.54, 1.807) is 12.3 Å². The Balaban J connectivity index is 2.08. The molecule has 4 N–H and O–H groups in total. The van der Waals surface area contributed by atoms with Crippen LogP contribution in [0.1, 0.15) is 41.5 Å². The molecule has 0 atom stereocenters. The third kappa shape index (κ3) is 3.64. The Bertz CT molecular complexity index is 632. The van der Waals surface area contributed by atoms with Crippen LogP contribution < -0.4 is 11.1 Å². The van der Waals surface area contributed by atoms with Crippen LogP contribution in [-0.2, 0) is 13.2 Å². The number of nitrogens with two attached hydrogens (primary N) is 1. The third-order valence-corrected chi connectivity index (χ3v) is 3.29. The summed E-state index contributed by atoms with van der Waals surface area (Å²) in [5, 5.41) is 12.0. The van der Waals surface area contributed by atoms with Gasteiger partial charge in [-0.3, -0.25) is 4.79 Å². The lowest BCUT2D eigenvalue weighted by Gasteiger charge is -2.13. The zero-order valence-electron chi connectivity index (χ0n) is 12.3. The quantitative estimate of drug-likeness (QED) is 0.787. The summed E-state index contributed by atoms with van der Waals surface area (Å²) in [6.07, 6.45) is 1.77. The number of hydrogen-bond donors (Lipinski definition) is 3. The maximum absolute atomic E-state index is 12.3. The van der Waals surface area contributed by atoms with E-state index < -0.39 is 0 Å². The largest absolute Gasteiger partial charge is 0.397 e. The highest BCUT2D eigenvalue weighted by molar-refractivity contribution is 5.93. The molecule has 5 nitrogen and oxygen atoms in total. The van der Waals surface area contributed by atoms with E-state index in [9.17, 15) is 4.79 Å². The summed E-state index contributed by atoms with van der Waals surface area (Å²) >= 11 is 0. The lowest BCUT2D eigenvalue weighted by Crippen LogP contribution is -2.25. The lowest BCUT2D eigenvalue weighted by molar-refractivity contribution is 0.0940. The summed E-state index contributed by atoms with van der Waals surface area (Å²) < 4.78 is 1.86. The van der Waals surface area contributed by atoms with Crippen LogP contribution in [0.4, 0.5) is 5.69 Å². The van der Waals surface area contributed by atoms with E-state index >= 15 is 0 Å². The number of carbonyl (C=O) groups is 1. The second-order valence-corrected chi connectivity index (χ2v) is 5.32. The normalized spacial score (nSPS) is 10.9. The van der Waals surface area contributed by atoms with Crippen molar-refractivity contribution in [1.82, 2.24) is 9.88 Å². The number of nitrogen functional groups attached to an aromatic ring is 1. The van der Waals surface area contributed by atoms with Crippen LogP contribution in [0.3, 0.4) is 0 Å². The first-order valence-corrected chi connectivity index (χ1v) is 6.95. The number of nitrogens with one attached hydrogen (secondary N) is 1. The van der Waals surface area contributed by atoms with Crippen molar-refractivity contribution in [2.75, 3.05) is 5.73 Å². The van der Waals surface area contributed by atoms with Gasteiger partial charge in [-0.15, -0.1) is 0 Å². The Labute approximate surface area is 124 Å². The van der Waals surface area contributed by atoms with Crippen LogP contribution in [0.2, 0.25) is 0 Å². The summed E-state index contributed by atoms with van der Waals surface area (Å²) in [7, 11) is 0. The molecule has 0 spiro atoms. The molecule has 0 fully saturated rings. The van der Waals surface area contributed by atoms with Gasteiger partial charge in [-0.1, -0.05) is 24.3 Å². The van der Waals surface area contributed by atoms with Crippen molar-refractivity contribution in [3.63, 3.8) is 0 Å². The van der Waals surface area contributed by atoms with E-state index in [2.05, 4.69) is 5.32 Å². The molecule has 112 valence electrons. The average molecular weight is 287 g/mol. The maximum atomic E-state index is 12.3. The summed E-state index contributed by atoms with van der Waals surface area (Å²) in [5.74, 6) is -0.158. The van der Waals surface area contributed by atoms with Crippen molar-refractivity contribution in [3.8, 4) is 0 Å². The van der Waals surface area contributed by atoms with Gasteiger partial charge in [-0.25, -0.2) is 0 Å². The molecule has 1 amide bonds. The highest BCUT2D eigenvalue weighted by Crippen LogP contribution is 2.16. The fourth-order valence-corrected chi connectivity index (χ4v) is 2.22. The minimum Gasteiger partial charge on any atom is -0.397 e. The number of aromatic nitrogens is 1. The zero-order chi connectivity index (χ0) is 15.4. The summed E-state index contributed by atoms with van der Waals surface area (Å²) in [6, 6.07) is 9.34. The predicted molar refractivity (Wildman–Crippen MR) is 82.8 cm³/mol. The molecule has 0 radical (unpaired) electrons. The fourth-order valence-electron chi connectivity index (χ4n) is 2.22. The van der Waals surface area contributed by atoms with E-state index in [0.717, 1.165) is 11.1 Å². The Hall–Kier alpha value is -2.27. The Morgan fingerprint density at radius 1 is 1.33 bits per heavy atom. The van der Waals surface area contributed by atoms with E-state index in [-0.39, 0.29) is 18.6 Å². The topological polar surface area (TPSA) is 80.3 Å². The first kappa shape index (κ1) is 15.1. The molecule has 1 aromatic heterocycles. The van der Waals surface area contributed by atoms with Gasteiger partial charge in [0.15, 0.2) is 0 Å². The number of aliphatic hydroxyl groups is 1. The first-order valence-electron chi connectivity index (χ1n) is 6.95. The van der Waals surface area contributed by atoms with Crippen molar-refractivity contribution < 1.29 is 9.90 Å². The van der Waals surface area contributed by atoms with Crippen molar-refractivity contribution in [2.24, 2.45) is 0 Å². The van der Waals surface area contributed by atoms with Crippen molar-refractivity contribution in [3.05, 3.63) is 53.3 Å². The number of nitrogens with zero attached hydrogens (tertiary/aromatic N) is 1. The number of carbonyl (C=O) groups excluding carboxylic acids is 1. The monoisotopic (exact) mass is 287 g/mol. The molecule has 2 rings (SSSR count). The summed E-state index contributed by atoms with van der Waals surface area (Å²) in [5.41, 5.74) is 8.69. The van der Waals surface area contributed by atoms with Crippen LogP contribution >= 0.6 is 0 Å². The van der Waals surface area contributed by atoms with Gasteiger partial charge in [0.25, 0.3) is 5.91 Å². The SMILES string of the molecule is CC(C)n1cc(N)cc1C(=O)NCc1cccc(CO)c1. The van der Waals surface area contributed by atoms with Gasteiger partial charge in [0.2, 0.25) is 0 Å². The van der Waals surface area contributed by atoms with Crippen molar-refractivity contribution in [2.45, 2.75) is 33.0 Å². The molecule has 0 aliphatic carbocycles. The smallest absolute Gasteiger partial charge is 0.268 e. The standard InChI is InChI=1S/C16H21N3O2/c1-11(2)19-9-14(17)7-15(19)16(21)18-8-12-4-3-5-13(6-12)10-20/h3-7,9,11,20H,8,10,17H2,1-2H3,(H,18,21). The van der Waals surface area contributed by atoms with Gasteiger partial charge < -0.3 is 20.7 Å². The van der Waals surface area contributed by atoms with Crippen LogP contribution in [0.5, 0.6) is 0 Å². The molecule has 0 aliphatic rings. The second kappa shape index (κ2) is 6.45. The van der Waals surface area contributed by atoms with Gasteiger partial charge in [0.1, 0.15) is 5.69 Å².